The first-order chi connectivity index (χ1) is 7.95. The fraction of sp³-hybridized carbons (Fsp3) is 0.385. The highest BCUT2D eigenvalue weighted by Gasteiger charge is 2.44. The van der Waals surface area contributed by atoms with Gasteiger partial charge in [0.05, 0.1) is 10.6 Å². The second-order valence-electron chi connectivity index (χ2n) is 4.59. The molecule has 17 heavy (non-hydrogen) atoms. The summed E-state index contributed by atoms with van der Waals surface area (Å²) in [5.74, 6) is 0.0780. The number of ether oxygens (including phenoxy) is 1. The maximum Gasteiger partial charge on any atom is 0.340 e. The molecule has 0 spiro atoms. The lowest BCUT2D eigenvalue weighted by molar-refractivity contribution is -0.139. The minimum absolute atomic E-state index is 0.0787. The van der Waals surface area contributed by atoms with E-state index in [4.69, 9.17) is 16.3 Å². The van der Waals surface area contributed by atoms with E-state index in [0.29, 0.717) is 16.5 Å². The number of carbonyl (C=O) groups is 1. The normalized spacial score (nSPS) is 23.8. The minimum atomic E-state index is -0.811. The van der Waals surface area contributed by atoms with E-state index in [9.17, 15) is 4.79 Å². The van der Waals surface area contributed by atoms with Crippen LogP contribution in [0.2, 0.25) is 5.02 Å². The van der Waals surface area contributed by atoms with Crippen LogP contribution in [0.4, 0.5) is 0 Å². The molecule has 1 aromatic carbocycles. The Kier molecular flexibility index (Phi) is 2.96. The average Bonchev–Trinajstić information content (AvgIpc) is 2.57. The summed E-state index contributed by atoms with van der Waals surface area (Å²) in [6, 6.07) is 7.20. The number of halogens is 1. The van der Waals surface area contributed by atoms with Crippen LogP contribution in [0.15, 0.2) is 29.3 Å². The van der Waals surface area contributed by atoms with Crippen molar-refractivity contribution in [2.75, 3.05) is 0 Å². The van der Waals surface area contributed by atoms with Gasteiger partial charge in [0.25, 0.3) is 0 Å². The van der Waals surface area contributed by atoms with E-state index in [2.05, 4.69) is 4.99 Å². The number of benzene rings is 1. The van der Waals surface area contributed by atoms with Crippen LogP contribution in [-0.4, -0.2) is 17.4 Å². The Balaban J connectivity index is 2.44. The summed E-state index contributed by atoms with van der Waals surface area (Å²) in [7, 11) is 0. The van der Waals surface area contributed by atoms with Crippen molar-refractivity contribution in [1.29, 1.82) is 0 Å². The molecule has 0 fully saturated rings. The van der Waals surface area contributed by atoms with E-state index in [1.54, 1.807) is 19.1 Å². The largest absolute Gasteiger partial charge is 0.405 e. The maximum atomic E-state index is 11.9. The highest BCUT2D eigenvalue weighted by atomic mass is 35.5. The number of cyclic esters (lactones) is 1. The molecule has 1 unspecified atom stereocenters. The van der Waals surface area contributed by atoms with E-state index >= 15 is 0 Å². The molecule has 1 atom stereocenters. The standard InChI is InChI=1S/C13H14ClNO2/c1-8(2)13(3)12(16)17-11(15-13)9-6-4-5-7-10(9)14/h4-8H,1-3H3. The first kappa shape index (κ1) is 12.1. The molecule has 3 nitrogen and oxygen atoms in total. The number of esters is 1. The van der Waals surface area contributed by atoms with Crippen molar-refractivity contribution in [1.82, 2.24) is 0 Å². The monoisotopic (exact) mass is 251 g/mol. The van der Waals surface area contributed by atoms with Crippen molar-refractivity contribution in [2.45, 2.75) is 26.3 Å². The van der Waals surface area contributed by atoms with Crippen LogP contribution in [0.25, 0.3) is 0 Å². The molecule has 0 saturated carbocycles. The van der Waals surface area contributed by atoms with Gasteiger partial charge in [-0.05, 0) is 25.0 Å². The van der Waals surface area contributed by atoms with Gasteiger partial charge in [0.2, 0.25) is 5.90 Å². The zero-order valence-corrected chi connectivity index (χ0v) is 10.8. The third-order valence-electron chi connectivity index (χ3n) is 3.16. The van der Waals surface area contributed by atoms with Crippen molar-refractivity contribution in [3.05, 3.63) is 34.9 Å². The first-order valence-corrected chi connectivity index (χ1v) is 5.90. The summed E-state index contributed by atoms with van der Waals surface area (Å²) in [6.07, 6.45) is 0. The van der Waals surface area contributed by atoms with Crippen LogP contribution in [0.1, 0.15) is 26.3 Å². The van der Waals surface area contributed by atoms with Crippen molar-refractivity contribution in [3.63, 3.8) is 0 Å². The summed E-state index contributed by atoms with van der Waals surface area (Å²) in [5, 5.41) is 0.534. The second kappa shape index (κ2) is 4.15. The maximum absolute atomic E-state index is 11.9. The van der Waals surface area contributed by atoms with Crippen LogP contribution in [-0.2, 0) is 9.53 Å². The number of hydrogen-bond acceptors (Lipinski definition) is 3. The van der Waals surface area contributed by atoms with Crippen molar-refractivity contribution in [3.8, 4) is 0 Å². The Morgan fingerprint density at radius 2 is 2.00 bits per heavy atom. The smallest absolute Gasteiger partial charge is 0.340 e. The van der Waals surface area contributed by atoms with Crippen LogP contribution >= 0.6 is 11.6 Å². The van der Waals surface area contributed by atoms with Gasteiger partial charge in [0.15, 0.2) is 5.54 Å². The van der Waals surface area contributed by atoms with Gasteiger partial charge in [0.1, 0.15) is 0 Å². The third-order valence-corrected chi connectivity index (χ3v) is 3.49. The van der Waals surface area contributed by atoms with E-state index in [1.165, 1.54) is 0 Å². The lowest BCUT2D eigenvalue weighted by atomic mass is 9.90. The Labute approximate surface area is 105 Å². The highest BCUT2D eigenvalue weighted by Crippen LogP contribution is 2.31. The predicted octanol–water partition coefficient (Wildman–Crippen LogP) is 3.06. The summed E-state index contributed by atoms with van der Waals surface area (Å²) in [6.45, 7) is 5.67. The fourth-order valence-corrected chi connectivity index (χ4v) is 1.80. The van der Waals surface area contributed by atoms with Crippen LogP contribution < -0.4 is 0 Å². The van der Waals surface area contributed by atoms with Gasteiger partial charge in [-0.2, -0.15) is 0 Å². The lowest BCUT2D eigenvalue weighted by Gasteiger charge is -2.19. The summed E-state index contributed by atoms with van der Waals surface area (Å²) < 4.78 is 5.23. The summed E-state index contributed by atoms with van der Waals surface area (Å²) >= 11 is 6.05. The van der Waals surface area contributed by atoms with Crippen molar-refractivity contribution < 1.29 is 9.53 Å². The molecule has 90 valence electrons. The third kappa shape index (κ3) is 1.95. The average molecular weight is 252 g/mol. The van der Waals surface area contributed by atoms with Gasteiger partial charge in [0, 0.05) is 0 Å². The molecule has 1 aromatic rings. The zero-order valence-electron chi connectivity index (χ0n) is 10.0. The SMILES string of the molecule is CC(C)C1(C)N=C(c2ccccc2Cl)OC1=O. The molecule has 2 rings (SSSR count). The molecule has 0 aromatic heterocycles. The number of hydrogen-bond donors (Lipinski definition) is 0. The molecular formula is C13H14ClNO2. The number of nitrogens with zero attached hydrogens (tertiary/aromatic N) is 1. The zero-order chi connectivity index (χ0) is 12.6. The molecule has 0 saturated heterocycles. The van der Waals surface area contributed by atoms with Gasteiger partial charge in [-0.1, -0.05) is 37.6 Å². The van der Waals surface area contributed by atoms with Gasteiger partial charge in [-0.3, -0.25) is 0 Å². The lowest BCUT2D eigenvalue weighted by Crippen LogP contribution is -2.35. The molecule has 0 radical (unpaired) electrons. The molecule has 1 heterocycles. The van der Waals surface area contributed by atoms with Crippen LogP contribution in [0, 0.1) is 5.92 Å². The van der Waals surface area contributed by atoms with Gasteiger partial charge in [-0.25, -0.2) is 9.79 Å². The first-order valence-electron chi connectivity index (χ1n) is 5.52. The molecule has 0 N–H and O–H groups in total. The Hall–Kier alpha value is -1.35. The van der Waals surface area contributed by atoms with Crippen molar-refractivity contribution in [2.24, 2.45) is 10.9 Å². The topological polar surface area (TPSA) is 38.7 Å². The van der Waals surface area contributed by atoms with E-state index < -0.39 is 5.54 Å². The van der Waals surface area contributed by atoms with Crippen LogP contribution in [0.3, 0.4) is 0 Å². The molecule has 1 aliphatic heterocycles. The summed E-state index contributed by atoms with van der Waals surface area (Å²) in [5.41, 5.74) is -0.152. The Morgan fingerprint density at radius 1 is 1.35 bits per heavy atom. The summed E-state index contributed by atoms with van der Waals surface area (Å²) in [4.78, 5) is 16.2. The number of rotatable bonds is 2. The van der Waals surface area contributed by atoms with Crippen molar-refractivity contribution >= 4 is 23.5 Å². The van der Waals surface area contributed by atoms with Gasteiger partial charge < -0.3 is 4.74 Å². The molecular weight excluding hydrogens is 238 g/mol. The molecule has 0 aliphatic carbocycles. The van der Waals surface area contributed by atoms with Gasteiger partial charge in [-0.15, -0.1) is 0 Å². The molecule has 1 aliphatic rings. The Morgan fingerprint density at radius 3 is 2.53 bits per heavy atom. The second-order valence-corrected chi connectivity index (χ2v) is 5.00. The van der Waals surface area contributed by atoms with E-state index in [-0.39, 0.29) is 11.9 Å². The number of carbonyl (C=O) groups excluding carboxylic acids is 1. The van der Waals surface area contributed by atoms with E-state index in [0.717, 1.165) is 0 Å². The van der Waals surface area contributed by atoms with Gasteiger partial charge >= 0.3 is 5.97 Å². The van der Waals surface area contributed by atoms with E-state index in [1.807, 2.05) is 26.0 Å². The minimum Gasteiger partial charge on any atom is -0.405 e. The Bertz CT molecular complexity index is 496. The highest BCUT2D eigenvalue weighted by molar-refractivity contribution is 6.34. The number of aliphatic imine (C=N–C) groups is 1. The molecule has 4 heteroatoms. The molecule has 0 bridgehead atoms. The quantitative estimate of drug-likeness (QED) is 0.758. The predicted molar refractivity (Wildman–Crippen MR) is 67.3 cm³/mol. The molecule has 0 amide bonds. The van der Waals surface area contributed by atoms with Crippen LogP contribution in [0.5, 0.6) is 0 Å². The fourth-order valence-electron chi connectivity index (χ4n) is 1.59.